The summed E-state index contributed by atoms with van der Waals surface area (Å²) in [6.07, 6.45) is 7.34. The van der Waals surface area contributed by atoms with Crippen LogP contribution in [0.5, 0.6) is 0 Å². The highest BCUT2D eigenvalue weighted by atomic mass is 35.5. The van der Waals surface area contributed by atoms with Crippen LogP contribution in [-0.4, -0.2) is 11.2 Å². The summed E-state index contributed by atoms with van der Waals surface area (Å²) in [6.45, 7) is 2.05. The lowest BCUT2D eigenvalue weighted by Gasteiger charge is -2.06. The number of alkyl halides is 1. The van der Waals surface area contributed by atoms with E-state index in [1.165, 1.54) is 0 Å². The van der Waals surface area contributed by atoms with Crippen LogP contribution >= 0.6 is 11.6 Å². The summed E-state index contributed by atoms with van der Waals surface area (Å²) >= 11 is 5.99. The number of benzene rings is 2. The van der Waals surface area contributed by atoms with E-state index in [9.17, 15) is 0 Å². The van der Waals surface area contributed by atoms with E-state index in [0.29, 0.717) is 0 Å². The van der Waals surface area contributed by atoms with Crippen LogP contribution in [0.3, 0.4) is 0 Å². The molecule has 104 valence electrons. The van der Waals surface area contributed by atoms with Crippen LogP contribution in [0.25, 0.3) is 5.57 Å². The number of hydrogen-bond donors (Lipinski definition) is 0. The van der Waals surface area contributed by atoms with Crippen molar-refractivity contribution in [2.24, 2.45) is 4.99 Å². The van der Waals surface area contributed by atoms with Crippen LogP contribution < -0.4 is 0 Å². The molecule has 0 aliphatic carbocycles. The van der Waals surface area contributed by atoms with Crippen molar-refractivity contribution in [3.05, 3.63) is 77.9 Å². The van der Waals surface area contributed by atoms with E-state index in [0.717, 1.165) is 22.4 Å². The van der Waals surface area contributed by atoms with Crippen LogP contribution in [0.4, 0.5) is 0 Å². The molecular formula is C19H16ClN. The molecule has 21 heavy (non-hydrogen) atoms. The maximum Gasteiger partial charge on any atom is 0.184 e. The van der Waals surface area contributed by atoms with Gasteiger partial charge < -0.3 is 0 Å². The van der Waals surface area contributed by atoms with Crippen LogP contribution in [0.1, 0.15) is 18.1 Å². The normalized spacial score (nSPS) is 13.6. The van der Waals surface area contributed by atoms with Gasteiger partial charge in [-0.1, -0.05) is 78.2 Å². The minimum Gasteiger partial charge on any atom is -0.252 e. The van der Waals surface area contributed by atoms with E-state index in [1.807, 2.05) is 61.5 Å². The fourth-order valence-electron chi connectivity index (χ4n) is 1.95. The summed E-state index contributed by atoms with van der Waals surface area (Å²) in [7, 11) is 0. The molecule has 2 aromatic carbocycles. The van der Waals surface area contributed by atoms with Gasteiger partial charge in [0.05, 0.1) is 5.71 Å². The Balaban J connectivity index is 2.42. The van der Waals surface area contributed by atoms with Gasteiger partial charge in [0.2, 0.25) is 0 Å². The molecule has 0 heterocycles. The van der Waals surface area contributed by atoms with Gasteiger partial charge in [0.1, 0.15) is 0 Å². The van der Waals surface area contributed by atoms with Gasteiger partial charge in [-0.05, 0) is 29.7 Å². The van der Waals surface area contributed by atoms with Gasteiger partial charge in [-0.3, -0.25) is 4.99 Å². The summed E-state index contributed by atoms with van der Waals surface area (Å²) in [5.74, 6) is 2.43. The third-order valence-corrected chi connectivity index (χ3v) is 3.27. The molecule has 0 amide bonds. The molecule has 0 aliphatic heterocycles. The largest absolute Gasteiger partial charge is 0.252 e. The summed E-state index contributed by atoms with van der Waals surface area (Å²) in [4.78, 5) is 4.40. The first kappa shape index (κ1) is 15.1. The molecule has 1 unspecified atom stereocenters. The average Bonchev–Trinajstić information content (AvgIpc) is 2.55. The van der Waals surface area contributed by atoms with Crippen molar-refractivity contribution in [1.82, 2.24) is 0 Å². The summed E-state index contributed by atoms with van der Waals surface area (Å²) in [5, 5.41) is 0. The molecule has 0 spiro atoms. The molecule has 0 aromatic heterocycles. The van der Waals surface area contributed by atoms with E-state index in [1.54, 1.807) is 0 Å². The average molecular weight is 294 g/mol. The Morgan fingerprint density at radius 1 is 1.05 bits per heavy atom. The number of halogens is 1. The highest BCUT2D eigenvalue weighted by Crippen LogP contribution is 2.16. The molecule has 0 fully saturated rings. The van der Waals surface area contributed by atoms with Crippen LogP contribution in [0, 0.1) is 12.3 Å². The smallest absolute Gasteiger partial charge is 0.184 e. The quantitative estimate of drug-likeness (QED) is 0.333. The number of nitrogens with zero attached hydrogens (tertiary/aromatic N) is 1. The Bertz CT molecular complexity index is 679. The molecule has 2 heteroatoms. The first-order valence-corrected chi connectivity index (χ1v) is 7.11. The minimum atomic E-state index is -0.667. The Kier molecular flexibility index (Phi) is 5.37. The maximum absolute atomic E-state index is 5.99. The SMILES string of the molecule is C#CC(Cl)N=C(/C=C(\C)c1ccccc1)c1ccccc1. The van der Waals surface area contributed by atoms with Crippen LogP contribution in [0.2, 0.25) is 0 Å². The number of aliphatic imine (C=N–C) groups is 1. The van der Waals surface area contributed by atoms with Crippen molar-refractivity contribution in [2.75, 3.05) is 0 Å². The van der Waals surface area contributed by atoms with Crippen LogP contribution in [0.15, 0.2) is 71.7 Å². The second kappa shape index (κ2) is 7.47. The van der Waals surface area contributed by atoms with Gasteiger partial charge in [0, 0.05) is 0 Å². The molecule has 0 radical (unpaired) electrons. The van der Waals surface area contributed by atoms with Crippen molar-refractivity contribution in [2.45, 2.75) is 12.4 Å². The van der Waals surface area contributed by atoms with E-state index in [-0.39, 0.29) is 0 Å². The summed E-state index contributed by atoms with van der Waals surface area (Å²) in [5.41, 5.74) is 3.37. The molecule has 0 saturated carbocycles. The first-order chi connectivity index (χ1) is 10.2. The predicted octanol–water partition coefficient (Wildman–Crippen LogP) is 4.78. The van der Waals surface area contributed by atoms with E-state index >= 15 is 0 Å². The van der Waals surface area contributed by atoms with Crippen molar-refractivity contribution in [3.8, 4) is 12.3 Å². The third-order valence-electron chi connectivity index (χ3n) is 3.04. The van der Waals surface area contributed by atoms with E-state index in [2.05, 4.69) is 23.0 Å². The molecule has 1 nitrogen and oxygen atoms in total. The predicted molar refractivity (Wildman–Crippen MR) is 91.5 cm³/mol. The Labute approximate surface area is 131 Å². The monoisotopic (exact) mass is 293 g/mol. The number of terminal acetylenes is 1. The molecule has 0 saturated heterocycles. The second-order valence-corrected chi connectivity index (χ2v) is 4.99. The molecule has 1 atom stereocenters. The number of hydrogen-bond acceptors (Lipinski definition) is 1. The van der Waals surface area contributed by atoms with E-state index < -0.39 is 5.50 Å². The zero-order valence-electron chi connectivity index (χ0n) is 11.8. The summed E-state index contributed by atoms with van der Waals surface area (Å²) < 4.78 is 0. The van der Waals surface area contributed by atoms with Gasteiger partial charge >= 0.3 is 0 Å². The van der Waals surface area contributed by atoms with Gasteiger partial charge in [-0.25, -0.2) is 0 Å². The highest BCUT2D eigenvalue weighted by molar-refractivity contribution is 6.24. The first-order valence-electron chi connectivity index (χ1n) is 6.68. The maximum atomic E-state index is 5.99. The fourth-order valence-corrected chi connectivity index (χ4v) is 2.06. The molecule has 2 rings (SSSR count). The topological polar surface area (TPSA) is 12.4 Å². The van der Waals surface area contributed by atoms with Gasteiger partial charge in [0.15, 0.2) is 5.50 Å². The fraction of sp³-hybridized carbons (Fsp3) is 0.105. The third kappa shape index (κ3) is 4.34. The zero-order valence-corrected chi connectivity index (χ0v) is 12.6. The number of allylic oxidation sites excluding steroid dienone is 2. The molecule has 0 aliphatic rings. The van der Waals surface area contributed by atoms with Gasteiger partial charge in [0.25, 0.3) is 0 Å². The Morgan fingerprint density at radius 2 is 1.57 bits per heavy atom. The Hall–Kier alpha value is -2.30. The van der Waals surface area contributed by atoms with E-state index in [4.69, 9.17) is 18.0 Å². The summed E-state index contributed by atoms with van der Waals surface area (Å²) in [6, 6.07) is 20.0. The Morgan fingerprint density at radius 3 is 2.10 bits per heavy atom. The lowest BCUT2D eigenvalue weighted by molar-refractivity contribution is 1.18. The van der Waals surface area contributed by atoms with Crippen molar-refractivity contribution in [3.63, 3.8) is 0 Å². The van der Waals surface area contributed by atoms with Crippen molar-refractivity contribution in [1.29, 1.82) is 0 Å². The van der Waals surface area contributed by atoms with Gasteiger partial charge in [-0.2, -0.15) is 0 Å². The lowest BCUT2D eigenvalue weighted by atomic mass is 10.0. The zero-order chi connectivity index (χ0) is 15.1. The van der Waals surface area contributed by atoms with Gasteiger partial charge in [-0.15, -0.1) is 6.42 Å². The molecule has 0 bridgehead atoms. The second-order valence-electron chi connectivity index (χ2n) is 4.58. The molecule has 0 N–H and O–H groups in total. The van der Waals surface area contributed by atoms with Crippen molar-refractivity contribution < 1.29 is 0 Å². The lowest BCUT2D eigenvalue weighted by Crippen LogP contribution is -2.02. The highest BCUT2D eigenvalue weighted by Gasteiger charge is 2.05. The minimum absolute atomic E-state index is 0.667. The standard InChI is InChI=1S/C19H16ClN/c1-3-19(20)21-18(17-12-8-5-9-13-17)14-15(2)16-10-6-4-7-11-16/h1,4-14,19H,2H3/b15-14+,21-18?. The number of rotatable bonds is 4. The molecule has 2 aromatic rings. The van der Waals surface area contributed by atoms with Crippen molar-refractivity contribution >= 4 is 22.9 Å². The van der Waals surface area contributed by atoms with Crippen LogP contribution in [-0.2, 0) is 0 Å². The molecular weight excluding hydrogens is 278 g/mol.